The number of ether oxygens (including phenoxy) is 1. The molecule has 0 aliphatic heterocycles. The second-order valence-electron chi connectivity index (χ2n) is 5.57. The van der Waals surface area contributed by atoms with Gasteiger partial charge in [-0.3, -0.25) is 0 Å². The molecule has 1 aromatic carbocycles. The summed E-state index contributed by atoms with van der Waals surface area (Å²) in [4.78, 5) is 8.35. The lowest BCUT2D eigenvalue weighted by molar-refractivity contribution is 0.0872. The second kappa shape index (κ2) is 11.2. The highest BCUT2D eigenvalue weighted by Gasteiger charge is 2.04. The highest BCUT2D eigenvalue weighted by atomic mass is 16.5. The molecule has 2 aromatic heterocycles. The summed E-state index contributed by atoms with van der Waals surface area (Å²) >= 11 is 0. The maximum Gasteiger partial charge on any atom is 0.139 e. The minimum atomic E-state index is 0.0650. The zero-order chi connectivity index (χ0) is 18.6. The predicted octanol–water partition coefficient (Wildman–Crippen LogP) is 1.51. The zero-order valence-corrected chi connectivity index (χ0v) is 15.0. The summed E-state index contributed by atoms with van der Waals surface area (Å²) in [6.07, 6.45) is 7.96. The van der Waals surface area contributed by atoms with Gasteiger partial charge in [0, 0.05) is 50.4 Å². The SMILES string of the molecule is Cn1ccnc1CCO.OCCOCCn1ccnc1-c1ccccc1. The lowest BCUT2D eigenvalue weighted by Gasteiger charge is -2.08. The molecule has 0 aliphatic rings. The van der Waals surface area contributed by atoms with Crippen molar-refractivity contribution in [1.82, 2.24) is 19.1 Å². The first-order valence-corrected chi connectivity index (χ1v) is 8.58. The number of nitrogens with zero attached hydrogens (tertiary/aromatic N) is 4. The summed E-state index contributed by atoms with van der Waals surface area (Å²) in [5.41, 5.74) is 1.10. The summed E-state index contributed by atoms with van der Waals surface area (Å²) in [5, 5.41) is 17.1. The van der Waals surface area contributed by atoms with E-state index in [2.05, 4.69) is 9.97 Å². The molecule has 3 aromatic rings. The van der Waals surface area contributed by atoms with Crippen LogP contribution < -0.4 is 0 Å². The average molecular weight is 358 g/mol. The van der Waals surface area contributed by atoms with E-state index in [0.717, 1.165) is 23.8 Å². The van der Waals surface area contributed by atoms with E-state index in [0.29, 0.717) is 19.6 Å². The van der Waals surface area contributed by atoms with Crippen molar-refractivity contribution in [1.29, 1.82) is 0 Å². The Morgan fingerprint density at radius 3 is 2.38 bits per heavy atom. The molecule has 7 nitrogen and oxygen atoms in total. The van der Waals surface area contributed by atoms with E-state index in [1.54, 1.807) is 12.4 Å². The molecule has 2 heterocycles. The van der Waals surface area contributed by atoms with E-state index >= 15 is 0 Å². The Morgan fingerprint density at radius 1 is 0.962 bits per heavy atom. The molecule has 7 heteroatoms. The molecule has 0 spiro atoms. The Labute approximate surface area is 153 Å². The van der Waals surface area contributed by atoms with Crippen molar-refractivity contribution in [2.45, 2.75) is 13.0 Å². The molecule has 2 N–H and O–H groups in total. The molecule has 0 radical (unpaired) electrons. The van der Waals surface area contributed by atoms with Gasteiger partial charge in [-0.25, -0.2) is 9.97 Å². The predicted molar refractivity (Wildman–Crippen MR) is 99.6 cm³/mol. The fraction of sp³-hybridized carbons (Fsp3) is 0.368. The van der Waals surface area contributed by atoms with Crippen molar-refractivity contribution in [2.24, 2.45) is 7.05 Å². The quantitative estimate of drug-likeness (QED) is 0.596. The van der Waals surface area contributed by atoms with Crippen LogP contribution in [0.3, 0.4) is 0 Å². The van der Waals surface area contributed by atoms with Crippen LogP contribution in [0.4, 0.5) is 0 Å². The summed E-state index contributed by atoms with van der Waals surface area (Å²) in [5.74, 6) is 1.87. The van der Waals surface area contributed by atoms with Crippen LogP contribution in [0, 0.1) is 0 Å². The van der Waals surface area contributed by atoms with E-state index in [4.69, 9.17) is 14.9 Å². The third-order valence-electron chi connectivity index (χ3n) is 3.72. The smallest absolute Gasteiger partial charge is 0.139 e. The molecule has 0 aliphatic carbocycles. The molecular formula is C19H26N4O3. The monoisotopic (exact) mass is 358 g/mol. The van der Waals surface area contributed by atoms with E-state index in [1.807, 2.05) is 58.9 Å². The molecule has 26 heavy (non-hydrogen) atoms. The summed E-state index contributed by atoms with van der Waals surface area (Å²) in [6, 6.07) is 10.1. The molecule has 0 amide bonds. The van der Waals surface area contributed by atoms with Gasteiger partial charge in [-0.2, -0.15) is 0 Å². The van der Waals surface area contributed by atoms with Gasteiger partial charge in [-0.1, -0.05) is 30.3 Å². The van der Waals surface area contributed by atoms with Crippen molar-refractivity contribution in [2.75, 3.05) is 26.4 Å². The number of aliphatic hydroxyl groups is 2. The molecule has 0 atom stereocenters. The number of aromatic nitrogens is 4. The van der Waals surface area contributed by atoms with Crippen molar-refractivity contribution >= 4 is 0 Å². The molecular weight excluding hydrogens is 332 g/mol. The largest absolute Gasteiger partial charge is 0.396 e. The number of aliphatic hydroxyl groups excluding tert-OH is 2. The Morgan fingerprint density at radius 2 is 1.73 bits per heavy atom. The fourth-order valence-electron chi connectivity index (χ4n) is 2.40. The van der Waals surface area contributed by atoms with E-state index in [9.17, 15) is 0 Å². The van der Waals surface area contributed by atoms with Crippen LogP contribution in [0.25, 0.3) is 11.4 Å². The summed E-state index contributed by atoms with van der Waals surface area (Å²) < 4.78 is 9.20. The van der Waals surface area contributed by atoms with Crippen LogP contribution >= 0.6 is 0 Å². The molecule has 0 unspecified atom stereocenters. The van der Waals surface area contributed by atoms with Crippen LogP contribution in [0.15, 0.2) is 55.1 Å². The Kier molecular flexibility index (Phi) is 8.54. The summed E-state index contributed by atoms with van der Waals surface area (Å²) in [7, 11) is 1.91. The van der Waals surface area contributed by atoms with Gasteiger partial charge in [0.15, 0.2) is 0 Å². The van der Waals surface area contributed by atoms with Crippen molar-refractivity contribution in [3.05, 3.63) is 60.9 Å². The molecule has 140 valence electrons. The number of aryl methyl sites for hydroxylation is 1. The maximum absolute atomic E-state index is 8.61. The van der Waals surface area contributed by atoms with Crippen molar-refractivity contribution in [3.63, 3.8) is 0 Å². The molecule has 0 saturated carbocycles. The normalized spacial score (nSPS) is 10.4. The fourth-order valence-corrected chi connectivity index (χ4v) is 2.40. The zero-order valence-electron chi connectivity index (χ0n) is 15.0. The Bertz CT molecular complexity index is 740. The first-order chi connectivity index (χ1) is 12.8. The van der Waals surface area contributed by atoms with Gasteiger partial charge < -0.3 is 24.1 Å². The van der Waals surface area contributed by atoms with E-state index in [1.165, 1.54) is 0 Å². The van der Waals surface area contributed by atoms with Gasteiger partial charge in [-0.15, -0.1) is 0 Å². The van der Waals surface area contributed by atoms with Gasteiger partial charge in [-0.05, 0) is 0 Å². The lowest BCUT2D eigenvalue weighted by Crippen LogP contribution is -2.08. The van der Waals surface area contributed by atoms with Crippen molar-refractivity contribution < 1.29 is 14.9 Å². The van der Waals surface area contributed by atoms with Gasteiger partial charge >= 0.3 is 0 Å². The molecule has 0 fully saturated rings. The van der Waals surface area contributed by atoms with Gasteiger partial charge in [0.1, 0.15) is 11.6 Å². The third kappa shape index (κ3) is 6.11. The Balaban J connectivity index is 0.000000228. The van der Waals surface area contributed by atoms with Gasteiger partial charge in [0.25, 0.3) is 0 Å². The van der Waals surface area contributed by atoms with Gasteiger partial charge in [0.2, 0.25) is 0 Å². The molecule has 0 bridgehead atoms. The first kappa shape index (κ1) is 19.8. The van der Waals surface area contributed by atoms with Crippen LogP contribution in [0.2, 0.25) is 0 Å². The van der Waals surface area contributed by atoms with E-state index < -0.39 is 0 Å². The highest BCUT2D eigenvalue weighted by Crippen LogP contribution is 2.16. The van der Waals surface area contributed by atoms with Crippen LogP contribution in [-0.4, -0.2) is 55.7 Å². The van der Waals surface area contributed by atoms with Crippen LogP contribution in [-0.2, 0) is 24.8 Å². The van der Waals surface area contributed by atoms with Crippen LogP contribution in [0.5, 0.6) is 0 Å². The summed E-state index contributed by atoms with van der Waals surface area (Å²) in [6.45, 7) is 1.94. The average Bonchev–Trinajstić information content (AvgIpc) is 3.30. The molecule has 3 rings (SSSR count). The number of hydrogen-bond donors (Lipinski definition) is 2. The second-order valence-corrected chi connectivity index (χ2v) is 5.57. The standard InChI is InChI=1S/C13H16N2O2.C6H10N2O/c16-9-11-17-10-8-15-7-6-14-13(15)12-4-2-1-3-5-12;1-8-4-3-7-6(8)2-5-9/h1-7,16H,8-11H2;3-4,9H,2,5H2,1H3. The minimum absolute atomic E-state index is 0.0650. The third-order valence-corrected chi connectivity index (χ3v) is 3.72. The number of rotatable bonds is 8. The first-order valence-electron chi connectivity index (χ1n) is 8.58. The minimum Gasteiger partial charge on any atom is -0.396 e. The number of benzene rings is 1. The number of hydrogen-bond acceptors (Lipinski definition) is 5. The van der Waals surface area contributed by atoms with Gasteiger partial charge in [0.05, 0.1) is 26.4 Å². The highest BCUT2D eigenvalue weighted by molar-refractivity contribution is 5.55. The number of imidazole rings is 2. The topological polar surface area (TPSA) is 85.3 Å². The van der Waals surface area contributed by atoms with E-state index in [-0.39, 0.29) is 13.2 Å². The molecule has 0 saturated heterocycles. The van der Waals surface area contributed by atoms with Crippen molar-refractivity contribution in [3.8, 4) is 11.4 Å². The Hall–Kier alpha value is -2.48. The van der Waals surface area contributed by atoms with Crippen LogP contribution in [0.1, 0.15) is 5.82 Å². The maximum atomic E-state index is 8.61. The lowest BCUT2D eigenvalue weighted by atomic mass is 10.2.